The highest BCUT2D eigenvalue weighted by Crippen LogP contribution is 2.24. The molecule has 1 aromatic carbocycles. The zero-order valence-electron chi connectivity index (χ0n) is 16.7. The number of fused-ring (bicyclic) bond motifs is 1. The smallest absolute Gasteiger partial charge is 0.254 e. The van der Waals surface area contributed by atoms with Crippen LogP contribution < -0.4 is 0 Å². The predicted molar refractivity (Wildman–Crippen MR) is 110 cm³/mol. The first-order valence-electron chi connectivity index (χ1n) is 9.69. The Labute approximate surface area is 174 Å². The van der Waals surface area contributed by atoms with Gasteiger partial charge in [-0.3, -0.25) is 4.79 Å². The second-order valence-electron chi connectivity index (χ2n) is 7.15. The molecule has 158 valence electrons. The van der Waals surface area contributed by atoms with Crippen molar-refractivity contribution in [3.05, 3.63) is 53.6 Å². The first-order chi connectivity index (χ1) is 14.3. The zero-order chi connectivity index (χ0) is 21.5. The number of aryl methyl sites for hydroxylation is 1. The highest BCUT2D eigenvalue weighted by Gasteiger charge is 2.29. The van der Waals surface area contributed by atoms with Gasteiger partial charge in [-0.15, -0.1) is 0 Å². The summed E-state index contributed by atoms with van der Waals surface area (Å²) in [5.41, 5.74) is 1.68. The number of amides is 1. The van der Waals surface area contributed by atoms with Crippen molar-refractivity contribution in [1.82, 2.24) is 24.0 Å². The lowest BCUT2D eigenvalue weighted by molar-refractivity contribution is 0.0700. The van der Waals surface area contributed by atoms with Crippen LogP contribution in [-0.4, -0.2) is 70.2 Å². The molecule has 3 heterocycles. The van der Waals surface area contributed by atoms with Gasteiger partial charge in [0.05, 0.1) is 22.9 Å². The van der Waals surface area contributed by atoms with Crippen molar-refractivity contribution in [1.29, 1.82) is 0 Å². The summed E-state index contributed by atoms with van der Waals surface area (Å²) in [7, 11) is -3.27. The third kappa shape index (κ3) is 3.56. The molecular formula is C20H22FN5O3S. The fraction of sp³-hybridized carbons (Fsp3) is 0.350. The van der Waals surface area contributed by atoms with Gasteiger partial charge in [0, 0.05) is 31.9 Å². The quantitative estimate of drug-likeness (QED) is 0.630. The van der Waals surface area contributed by atoms with E-state index in [1.54, 1.807) is 43.0 Å². The number of carbonyl (C=O) groups excluding carboxylic acids is 1. The summed E-state index contributed by atoms with van der Waals surface area (Å²) < 4.78 is 41.2. The summed E-state index contributed by atoms with van der Waals surface area (Å²) in [6.07, 6.45) is 1.51. The van der Waals surface area contributed by atoms with Crippen LogP contribution in [0.1, 0.15) is 23.0 Å². The molecule has 1 aliphatic rings. The van der Waals surface area contributed by atoms with Crippen LogP contribution in [0.3, 0.4) is 0 Å². The van der Waals surface area contributed by atoms with E-state index in [-0.39, 0.29) is 30.4 Å². The van der Waals surface area contributed by atoms with Crippen molar-refractivity contribution in [2.24, 2.45) is 0 Å². The van der Waals surface area contributed by atoms with Crippen LogP contribution in [0.15, 0.2) is 36.5 Å². The van der Waals surface area contributed by atoms with Crippen LogP contribution >= 0.6 is 0 Å². The summed E-state index contributed by atoms with van der Waals surface area (Å²) in [6.45, 7) is 4.52. The van der Waals surface area contributed by atoms with E-state index in [0.717, 1.165) is 0 Å². The summed E-state index contributed by atoms with van der Waals surface area (Å²) in [5, 5.41) is 4.79. The van der Waals surface area contributed by atoms with Crippen molar-refractivity contribution in [3.8, 4) is 5.69 Å². The topological polar surface area (TPSA) is 88.4 Å². The van der Waals surface area contributed by atoms with Gasteiger partial charge in [0.15, 0.2) is 5.65 Å². The van der Waals surface area contributed by atoms with Crippen molar-refractivity contribution >= 4 is 27.0 Å². The molecule has 0 bridgehead atoms. The fourth-order valence-corrected chi connectivity index (χ4v) is 4.71. The van der Waals surface area contributed by atoms with Crippen molar-refractivity contribution < 1.29 is 17.6 Å². The van der Waals surface area contributed by atoms with Gasteiger partial charge in [-0.1, -0.05) is 12.1 Å². The number of hydrogen-bond acceptors (Lipinski definition) is 5. The number of aromatic nitrogens is 3. The monoisotopic (exact) mass is 431 g/mol. The largest absolute Gasteiger partial charge is 0.336 e. The lowest BCUT2D eigenvalue weighted by Gasteiger charge is -2.34. The molecule has 3 aromatic rings. The number of halogens is 1. The van der Waals surface area contributed by atoms with Crippen LogP contribution in [0, 0.1) is 12.7 Å². The summed E-state index contributed by atoms with van der Waals surface area (Å²) in [6, 6.07) is 7.93. The Kier molecular flexibility index (Phi) is 5.29. The van der Waals surface area contributed by atoms with E-state index in [1.807, 2.05) is 0 Å². The molecule has 4 rings (SSSR count). The van der Waals surface area contributed by atoms with E-state index < -0.39 is 15.8 Å². The Balaban J connectivity index is 1.67. The Hall–Kier alpha value is -2.85. The van der Waals surface area contributed by atoms with E-state index in [2.05, 4.69) is 10.1 Å². The van der Waals surface area contributed by atoms with E-state index in [1.165, 1.54) is 21.3 Å². The highest BCUT2D eigenvalue weighted by atomic mass is 32.2. The lowest BCUT2D eigenvalue weighted by Crippen LogP contribution is -2.50. The van der Waals surface area contributed by atoms with Crippen LogP contribution in [0.5, 0.6) is 0 Å². The van der Waals surface area contributed by atoms with Gasteiger partial charge in [-0.2, -0.15) is 9.40 Å². The Morgan fingerprint density at radius 3 is 2.53 bits per heavy atom. The van der Waals surface area contributed by atoms with Crippen molar-refractivity contribution in [3.63, 3.8) is 0 Å². The van der Waals surface area contributed by atoms with Crippen LogP contribution in [0.25, 0.3) is 16.7 Å². The number of carbonyl (C=O) groups is 1. The second kappa shape index (κ2) is 7.77. The predicted octanol–water partition coefficient (Wildman–Crippen LogP) is 1.98. The van der Waals surface area contributed by atoms with Crippen LogP contribution in [-0.2, 0) is 10.0 Å². The second-order valence-corrected chi connectivity index (χ2v) is 9.41. The third-order valence-corrected chi connectivity index (χ3v) is 7.15. The number of nitrogens with zero attached hydrogens (tertiary/aromatic N) is 5. The highest BCUT2D eigenvalue weighted by molar-refractivity contribution is 7.89. The minimum Gasteiger partial charge on any atom is -0.336 e. The number of sulfonamides is 1. The Morgan fingerprint density at radius 2 is 1.87 bits per heavy atom. The molecule has 0 atom stereocenters. The molecule has 0 saturated carbocycles. The maximum absolute atomic E-state index is 14.3. The van der Waals surface area contributed by atoms with Crippen molar-refractivity contribution in [2.45, 2.75) is 13.8 Å². The Bertz CT molecular complexity index is 1220. The number of para-hydroxylation sites is 1. The van der Waals surface area contributed by atoms with Crippen LogP contribution in [0.2, 0.25) is 0 Å². The molecular weight excluding hydrogens is 409 g/mol. The molecule has 30 heavy (non-hydrogen) atoms. The molecule has 1 fully saturated rings. The number of piperazine rings is 1. The lowest BCUT2D eigenvalue weighted by atomic mass is 10.1. The maximum atomic E-state index is 14.3. The number of benzene rings is 1. The average Bonchev–Trinajstić information content (AvgIpc) is 3.16. The summed E-state index contributed by atoms with van der Waals surface area (Å²) in [5.74, 6) is -0.612. The van der Waals surface area contributed by atoms with Gasteiger partial charge >= 0.3 is 0 Å². The molecule has 0 unspecified atom stereocenters. The fourth-order valence-electron chi connectivity index (χ4n) is 3.62. The first-order valence-corrected chi connectivity index (χ1v) is 11.3. The Morgan fingerprint density at radius 1 is 1.17 bits per heavy atom. The van der Waals surface area contributed by atoms with Gasteiger partial charge in [0.25, 0.3) is 5.91 Å². The zero-order valence-corrected chi connectivity index (χ0v) is 17.6. The van der Waals surface area contributed by atoms with Crippen LogP contribution in [0.4, 0.5) is 4.39 Å². The molecule has 8 nitrogen and oxygen atoms in total. The molecule has 1 saturated heterocycles. The van der Waals surface area contributed by atoms with E-state index >= 15 is 0 Å². The average molecular weight is 431 g/mol. The van der Waals surface area contributed by atoms with E-state index in [9.17, 15) is 17.6 Å². The third-order valence-electron chi connectivity index (χ3n) is 5.26. The molecule has 1 aliphatic heterocycles. The van der Waals surface area contributed by atoms with Crippen molar-refractivity contribution in [2.75, 3.05) is 31.9 Å². The molecule has 0 radical (unpaired) electrons. The standard InChI is InChI=1S/C20H22FN5O3S/c1-3-30(28,29)25-10-8-24(9-11-25)20(27)15-12-14(2)23-19-16(15)13-22-26(19)18-7-5-4-6-17(18)21/h4-7,12-13H,3,8-11H2,1-2H3. The van der Waals surface area contributed by atoms with Gasteiger partial charge < -0.3 is 4.90 Å². The molecule has 0 aliphatic carbocycles. The van der Waals surface area contributed by atoms with E-state index in [4.69, 9.17) is 0 Å². The molecule has 1 amide bonds. The first kappa shape index (κ1) is 20.4. The summed E-state index contributed by atoms with van der Waals surface area (Å²) >= 11 is 0. The van der Waals surface area contributed by atoms with E-state index in [0.29, 0.717) is 35.4 Å². The van der Waals surface area contributed by atoms with Gasteiger partial charge in [-0.05, 0) is 32.0 Å². The normalized spacial score (nSPS) is 15.6. The molecule has 2 aromatic heterocycles. The van der Waals surface area contributed by atoms with Gasteiger partial charge in [-0.25, -0.2) is 22.5 Å². The number of pyridine rings is 1. The van der Waals surface area contributed by atoms with Gasteiger partial charge in [0.2, 0.25) is 10.0 Å². The molecule has 10 heteroatoms. The molecule has 0 spiro atoms. The maximum Gasteiger partial charge on any atom is 0.254 e. The number of rotatable bonds is 4. The summed E-state index contributed by atoms with van der Waals surface area (Å²) in [4.78, 5) is 19.3. The SMILES string of the molecule is CCS(=O)(=O)N1CCN(C(=O)c2cc(C)nc3c2cnn3-c2ccccc2F)CC1. The minimum absolute atomic E-state index is 0.0420. The number of hydrogen-bond donors (Lipinski definition) is 0. The van der Waals surface area contributed by atoms with Gasteiger partial charge in [0.1, 0.15) is 11.5 Å². The molecule has 0 N–H and O–H groups in total. The minimum atomic E-state index is -3.27.